The van der Waals surface area contributed by atoms with Gasteiger partial charge in [-0.05, 0) is 36.6 Å². The molecule has 0 saturated carbocycles. The van der Waals surface area contributed by atoms with Gasteiger partial charge in [-0.15, -0.1) is 13.2 Å². The number of nitrogens with one attached hydrogen (secondary N) is 1. The summed E-state index contributed by atoms with van der Waals surface area (Å²) in [7, 11) is 0. The summed E-state index contributed by atoms with van der Waals surface area (Å²) in [6.45, 7) is 6.91. The number of piperazine rings is 1. The molecule has 3 aromatic rings. The van der Waals surface area contributed by atoms with E-state index in [-0.39, 0.29) is 11.3 Å². The van der Waals surface area contributed by atoms with Crippen LogP contribution in [0.2, 0.25) is 0 Å². The zero-order chi connectivity index (χ0) is 27.1. The summed E-state index contributed by atoms with van der Waals surface area (Å²) in [5.74, 6) is -0.757. The molecule has 1 heterocycles. The molecular formula is C30H32F3N3O2. The van der Waals surface area contributed by atoms with Crippen molar-refractivity contribution in [3.63, 3.8) is 0 Å². The number of rotatable bonds is 8. The molecule has 1 aliphatic heterocycles. The summed E-state index contributed by atoms with van der Waals surface area (Å²) in [6.07, 6.45) is -0.700. The van der Waals surface area contributed by atoms with Gasteiger partial charge < -0.3 is 10.1 Å². The Bertz CT molecular complexity index is 1230. The lowest BCUT2D eigenvalue weighted by atomic mass is 10.0. The minimum atomic E-state index is -4.87. The number of carbonyl (C=O) groups is 1. The number of anilines is 1. The summed E-state index contributed by atoms with van der Waals surface area (Å²) >= 11 is 0. The quantitative estimate of drug-likeness (QED) is 0.381. The molecule has 0 aromatic heterocycles. The normalized spacial score (nSPS) is 15.9. The Kier molecular flexibility index (Phi) is 8.86. The number of hydrogen-bond acceptors (Lipinski definition) is 4. The standard InChI is InChI=1S/C30H32F3N3O2/c1-22-10-8-11-23(2)27(22)34-29(37)28(25-15-6-7-16-26(25)38-30(31,32)33)36-20-18-35(19-21-36)17-9-14-24-12-4-3-5-13-24/h3-16,28H,17-21H2,1-2H3,(H,34,37)/b14-9+. The SMILES string of the molecule is Cc1cccc(C)c1NC(=O)C(c1ccccc1OC(F)(F)F)N1CCN(C/C=C/c2ccccc2)CC1. The van der Waals surface area contributed by atoms with Crippen molar-refractivity contribution in [3.8, 4) is 5.75 Å². The summed E-state index contributed by atoms with van der Waals surface area (Å²) in [5, 5.41) is 2.99. The molecule has 1 unspecified atom stereocenters. The molecule has 1 aliphatic rings. The van der Waals surface area contributed by atoms with E-state index in [4.69, 9.17) is 0 Å². The third kappa shape index (κ3) is 7.24. The molecule has 3 aromatic carbocycles. The molecule has 8 heteroatoms. The fourth-order valence-corrected chi connectivity index (χ4v) is 4.74. The Morgan fingerprint density at radius 3 is 2.21 bits per heavy atom. The molecule has 0 radical (unpaired) electrons. The van der Waals surface area contributed by atoms with Crippen LogP contribution in [0.1, 0.15) is 28.3 Å². The average Bonchev–Trinajstić information content (AvgIpc) is 2.88. The van der Waals surface area contributed by atoms with E-state index >= 15 is 0 Å². The third-order valence-electron chi connectivity index (χ3n) is 6.66. The first-order valence-corrected chi connectivity index (χ1v) is 12.6. The summed E-state index contributed by atoms with van der Waals surface area (Å²) in [6, 6.07) is 20.6. The fraction of sp³-hybridized carbons (Fsp3) is 0.300. The van der Waals surface area contributed by atoms with Gasteiger partial charge in [0.15, 0.2) is 0 Å². The lowest BCUT2D eigenvalue weighted by molar-refractivity contribution is -0.275. The van der Waals surface area contributed by atoms with Crippen LogP contribution in [0, 0.1) is 13.8 Å². The van der Waals surface area contributed by atoms with Crippen molar-refractivity contribution in [2.45, 2.75) is 26.3 Å². The number of nitrogens with zero attached hydrogens (tertiary/aromatic N) is 2. The second kappa shape index (κ2) is 12.3. The van der Waals surface area contributed by atoms with Crippen LogP contribution < -0.4 is 10.1 Å². The van der Waals surface area contributed by atoms with Crippen molar-refractivity contribution in [2.24, 2.45) is 0 Å². The smallest absolute Gasteiger partial charge is 0.405 e. The predicted octanol–water partition coefficient (Wildman–Crippen LogP) is 6.21. The Morgan fingerprint density at radius 2 is 1.55 bits per heavy atom. The summed E-state index contributed by atoms with van der Waals surface area (Å²) in [5.41, 5.74) is 3.74. The van der Waals surface area contributed by atoms with Crippen LogP contribution in [0.15, 0.2) is 78.9 Å². The molecule has 0 spiro atoms. The van der Waals surface area contributed by atoms with Crippen LogP contribution in [0.25, 0.3) is 6.08 Å². The molecule has 1 N–H and O–H groups in total. The van der Waals surface area contributed by atoms with Gasteiger partial charge in [-0.2, -0.15) is 0 Å². The highest BCUT2D eigenvalue weighted by Crippen LogP contribution is 2.35. The van der Waals surface area contributed by atoms with Crippen LogP contribution in [0.3, 0.4) is 0 Å². The summed E-state index contributed by atoms with van der Waals surface area (Å²) in [4.78, 5) is 17.9. The molecule has 200 valence electrons. The van der Waals surface area contributed by atoms with Crippen LogP contribution in [-0.2, 0) is 4.79 Å². The second-order valence-corrected chi connectivity index (χ2v) is 9.39. The van der Waals surface area contributed by atoms with E-state index in [0.717, 1.165) is 23.2 Å². The monoisotopic (exact) mass is 523 g/mol. The van der Waals surface area contributed by atoms with E-state index in [1.54, 1.807) is 6.07 Å². The van der Waals surface area contributed by atoms with Crippen molar-refractivity contribution in [1.29, 1.82) is 0 Å². The maximum absolute atomic E-state index is 13.7. The molecule has 1 atom stereocenters. The number of aryl methyl sites for hydroxylation is 2. The first-order chi connectivity index (χ1) is 18.2. The molecule has 0 bridgehead atoms. The minimum Gasteiger partial charge on any atom is -0.405 e. The van der Waals surface area contributed by atoms with Crippen molar-refractivity contribution in [2.75, 3.05) is 38.0 Å². The van der Waals surface area contributed by atoms with Crippen molar-refractivity contribution in [1.82, 2.24) is 9.80 Å². The molecule has 4 rings (SSSR count). The van der Waals surface area contributed by atoms with Gasteiger partial charge in [-0.25, -0.2) is 0 Å². The zero-order valence-corrected chi connectivity index (χ0v) is 21.5. The van der Waals surface area contributed by atoms with E-state index in [1.165, 1.54) is 18.2 Å². The topological polar surface area (TPSA) is 44.8 Å². The van der Waals surface area contributed by atoms with E-state index in [1.807, 2.05) is 67.3 Å². The van der Waals surface area contributed by atoms with Gasteiger partial charge in [0.1, 0.15) is 11.8 Å². The molecule has 1 saturated heterocycles. The van der Waals surface area contributed by atoms with Gasteiger partial charge in [-0.1, -0.05) is 78.9 Å². The van der Waals surface area contributed by atoms with E-state index in [0.29, 0.717) is 31.9 Å². The number of ether oxygens (including phenoxy) is 1. The highest BCUT2D eigenvalue weighted by molar-refractivity contribution is 5.97. The van der Waals surface area contributed by atoms with Crippen LogP contribution in [-0.4, -0.2) is 54.8 Å². The van der Waals surface area contributed by atoms with E-state index in [9.17, 15) is 18.0 Å². The fourth-order valence-electron chi connectivity index (χ4n) is 4.74. The van der Waals surface area contributed by atoms with E-state index < -0.39 is 18.3 Å². The highest BCUT2D eigenvalue weighted by atomic mass is 19.4. The Balaban J connectivity index is 1.54. The largest absolute Gasteiger partial charge is 0.573 e. The maximum Gasteiger partial charge on any atom is 0.573 e. The number of benzene rings is 3. The molecule has 1 fully saturated rings. The maximum atomic E-state index is 13.7. The van der Waals surface area contributed by atoms with Crippen molar-refractivity contribution >= 4 is 17.7 Å². The molecule has 5 nitrogen and oxygen atoms in total. The molecular weight excluding hydrogens is 491 g/mol. The lowest BCUT2D eigenvalue weighted by Crippen LogP contribution is -2.50. The summed E-state index contributed by atoms with van der Waals surface area (Å²) < 4.78 is 44.0. The number of para-hydroxylation sites is 2. The highest BCUT2D eigenvalue weighted by Gasteiger charge is 2.37. The number of carbonyl (C=O) groups excluding carboxylic acids is 1. The van der Waals surface area contributed by atoms with Crippen molar-refractivity contribution in [3.05, 3.63) is 101 Å². The van der Waals surface area contributed by atoms with Gasteiger partial charge in [0.2, 0.25) is 5.91 Å². The first kappa shape index (κ1) is 27.4. The Hall–Kier alpha value is -3.62. The second-order valence-electron chi connectivity index (χ2n) is 9.39. The van der Waals surface area contributed by atoms with Gasteiger partial charge in [0, 0.05) is 44.0 Å². The molecule has 0 aliphatic carbocycles. The van der Waals surface area contributed by atoms with E-state index in [2.05, 4.69) is 27.1 Å². The van der Waals surface area contributed by atoms with Gasteiger partial charge in [-0.3, -0.25) is 14.6 Å². The van der Waals surface area contributed by atoms with Gasteiger partial charge in [0.05, 0.1) is 0 Å². The number of hydrogen-bond donors (Lipinski definition) is 1. The molecule has 1 amide bonds. The minimum absolute atomic E-state index is 0.186. The van der Waals surface area contributed by atoms with Crippen LogP contribution >= 0.6 is 0 Å². The number of halogens is 3. The first-order valence-electron chi connectivity index (χ1n) is 12.6. The molecule has 38 heavy (non-hydrogen) atoms. The van der Waals surface area contributed by atoms with Crippen LogP contribution in [0.5, 0.6) is 5.75 Å². The van der Waals surface area contributed by atoms with Gasteiger partial charge in [0.25, 0.3) is 0 Å². The van der Waals surface area contributed by atoms with Crippen LogP contribution in [0.4, 0.5) is 18.9 Å². The number of amides is 1. The number of alkyl halides is 3. The third-order valence-corrected chi connectivity index (χ3v) is 6.66. The lowest BCUT2D eigenvalue weighted by Gasteiger charge is -2.39. The average molecular weight is 524 g/mol. The Labute approximate surface area is 221 Å². The zero-order valence-electron chi connectivity index (χ0n) is 21.5. The Morgan fingerprint density at radius 1 is 0.921 bits per heavy atom. The van der Waals surface area contributed by atoms with Crippen molar-refractivity contribution < 1.29 is 22.7 Å². The predicted molar refractivity (Wildman–Crippen MR) is 144 cm³/mol. The van der Waals surface area contributed by atoms with Gasteiger partial charge >= 0.3 is 6.36 Å².